The Morgan fingerprint density at radius 1 is 0.926 bits per heavy atom. The highest BCUT2D eigenvalue weighted by Gasteiger charge is 2.22. The maximum absolute atomic E-state index is 12.2. The molecule has 0 unspecified atom stereocenters. The summed E-state index contributed by atoms with van der Waals surface area (Å²) in [5.74, 6) is -0.910. The van der Waals surface area contributed by atoms with E-state index < -0.39 is 22.5 Å². The first-order valence-corrected chi connectivity index (χ1v) is 10.2. The third-order valence-corrected chi connectivity index (χ3v) is 4.98. The number of nitrogens with zero attached hydrogens (tertiary/aromatic N) is 1. The van der Waals surface area contributed by atoms with Crippen LogP contribution in [0.5, 0.6) is 0 Å². The Morgan fingerprint density at radius 2 is 1.56 bits per heavy atom. The van der Waals surface area contributed by atoms with Crippen molar-refractivity contribution < 1.29 is 18.0 Å². The Labute approximate surface area is 159 Å². The van der Waals surface area contributed by atoms with Crippen molar-refractivity contribution in [1.29, 1.82) is 0 Å². The molecule has 8 heteroatoms. The first-order chi connectivity index (χ1) is 12.8. The summed E-state index contributed by atoms with van der Waals surface area (Å²) in [7, 11) is -3.65. The zero-order valence-corrected chi connectivity index (χ0v) is 16.1. The number of anilines is 1. The Bertz CT molecular complexity index is 898. The summed E-state index contributed by atoms with van der Waals surface area (Å²) in [5, 5.41) is 5.15. The molecule has 2 rings (SSSR count). The second kappa shape index (κ2) is 9.18. The van der Waals surface area contributed by atoms with E-state index in [1.54, 1.807) is 31.2 Å². The maximum Gasteiger partial charge on any atom is 0.241 e. The van der Waals surface area contributed by atoms with Gasteiger partial charge in [0.05, 0.1) is 18.5 Å². The molecule has 0 heterocycles. The molecule has 0 saturated carbocycles. The third-order valence-electron chi connectivity index (χ3n) is 3.85. The van der Waals surface area contributed by atoms with E-state index in [0.717, 1.165) is 21.7 Å². The molecule has 144 valence electrons. The highest BCUT2D eigenvalue weighted by atomic mass is 32.2. The Kier molecular flexibility index (Phi) is 6.95. The zero-order valence-electron chi connectivity index (χ0n) is 15.3. The number of rotatable bonds is 8. The lowest BCUT2D eigenvalue weighted by atomic mass is 10.2. The van der Waals surface area contributed by atoms with E-state index >= 15 is 0 Å². The molecule has 0 atom stereocenters. The second-order valence-electron chi connectivity index (χ2n) is 6.10. The van der Waals surface area contributed by atoms with Gasteiger partial charge in [-0.25, -0.2) is 8.42 Å². The van der Waals surface area contributed by atoms with E-state index in [1.807, 2.05) is 30.3 Å². The van der Waals surface area contributed by atoms with Crippen LogP contribution in [0.3, 0.4) is 0 Å². The van der Waals surface area contributed by atoms with Crippen LogP contribution >= 0.6 is 0 Å². The molecule has 27 heavy (non-hydrogen) atoms. The van der Waals surface area contributed by atoms with E-state index in [1.165, 1.54) is 0 Å². The standard InChI is InChI=1S/C19H23N3O4S/c1-15-8-6-7-11-17(15)22(27(2,25)26)14-19(24)21-13-18(23)20-12-16-9-4-3-5-10-16/h3-11H,12-14H2,1-2H3,(H,20,23)(H,21,24). The summed E-state index contributed by atoms with van der Waals surface area (Å²) < 4.78 is 25.2. The first kappa shape index (κ1) is 20.4. The summed E-state index contributed by atoms with van der Waals surface area (Å²) in [6.07, 6.45) is 1.04. The van der Waals surface area contributed by atoms with Gasteiger partial charge in [0.15, 0.2) is 0 Å². The Hall–Kier alpha value is -2.87. The number of hydrogen-bond acceptors (Lipinski definition) is 4. The Morgan fingerprint density at radius 3 is 2.19 bits per heavy atom. The van der Waals surface area contributed by atoms with E-state index in [0.29, 0.717) is 12.2 Å². The summed E-state index contributed by atoms with van der Waals surface area (Å²) in [6.45, 7) is 1.50. The molecular weight excluding hydrogens is 366 g/mol. The lowest BCUT2D eigenvalue weighted by molar-refractivity contribution is -0.125. The summed E-state index contributed by atoms with van der Waals surface area (Å²) in [6, 6.07) is 16.3. The van der Waals surface area contributed by atoms with Crippen LogP contribution in [0, 0.1) is 6.92 Å². The fourth-order valence-corrected chi connectivity index (χ4v) is 3.36. The number of aryl methyl sites for hydroxylation is 1. The van der Waals surface area contributed by atoms with Crippen LogP contribution in [0.15, 0.2) is 54.6 Å². The van der Waals surface area contributed by atoms with Gasteiger partial charge in [0.25, 0.3) is 0 Å². The van der Waals surface area contributed by atoms with E-state index in [9.17, 15) is 18.0 Å². The van der Waals surface area contributed by atoms with Crippen molar-refractivity contribution in [3.63, 3.8) is 0 Å². The predicted octanol–water partition coefficient (Wildman–Crippen LogP) is 1.19. The second-order valence-corrected chi connectivity index (χ2v) is 8.00. The van der Waals surface area contributed by atoms with Gasteiger partial charge >= 0.3 is 0 Å². The molecular formula is C19H23N3O4S. The molecule has 0 saturated heterocycles. The molecule has 2 aromatic carbocycles. The van der Waals surface area contributed by atoms with Gasteiger partial charge in [-0.15, -0.1) is 0 Å². The van der Waals surface area contributed by atoms with Gasteiger partial charge in [-0.1, -0.05) is 48.5 Å². The highest BCUT2D eigenvalue weighted by Crippen LogP contribution is 2.21. The molecule has 0 radical (unpaired) electrons. The van der Waals surface area contributed by atoms with Crippen LogP contribution in [0.4, 0.5) is 5.69 Å². The van der Waals surface area contributed by atoms with E-state index in [2.05, 4.69) is 10.6 Å². The largest absolute Gasteiger partial charge is 0.350 e. The van der Waals surface area contributed by atoms with Gasteiger partial charge < -0.3 is 10.6 Å². The van der Waals surface area contributed by atoms with Gasteiger partial charge in [-0.3, -0.25) is 13.9 Å². The van der Waals surface area contributed by atoms with Crippen LogP contribution in [0.25, 0.3) is 0 Å². The highest BCUT2D eigenvalue weighted by molar-refractivity contribution is 7.92. The number of para-hydroxylation sites is 1. The molecule has 0 aliphatic rings. The van der Waals surface area contributed by atoms with Gasteiger partial charge in [0.2, 0.25) is 21.8 Å². The number of amides is 2. The summed E-state index contributed by atoms with van der Waals surface area (Å²) in [4.78, 5) is 24.0. The molecule has 0 spiro atoms. The molecule has 7 nitrogen and oxygen atoms in total. The Balaban J connectivity index is 1.90. The fraction of sp³-hybridized carbons (Fsp3) is 0.263. The minimum Gasteiger partial charge on any atom is -0.350 e. The SMILES string of the molecule is Cc1ccccc1N(CC(=O)NCC(=O)NCc1ccccc1)S(C)(=O)=O. The van der Waals surface area contributed by atoms with Crippen LogP contribution in [0.1, 0.15) is 11.1 Å². The van der Waals surface area contributed by atoms with Gasteiger partial charge in [-0.05, 0) is 24.1 Å². The molecule has 0 aliphatic carbocycles. The van der Waals surface area contributed by atoms with Crippen molar-refractivity contribution >= 4 is 27.5 Å². The van der Waals surface area contributed by atoms with E-state index in [-0.39, 0.29) is 12.5 Å². The molecule has 0 aliphatic heterocycles. The average molecular weight is 389 g/mol. The molecule has 0 fully saturated rings. The van der Waals surface area contributed by atoms with Crippen LogP contribution in [0.2, 0.25) is 0 Å². The van der Waals surface area contributed by atoms with Crippen LogP contribution in [-0.4, -0.2) is 39.6 Å². The van der Waals surface area contributed by atoms with Crippen molar-refractivity contribution in [2.75, 3.05) is 23.7 Å². The minimum atomic E-state index is -3.65. The maximum atomic E-state index is 12.2. The quantitative estimate of drug-likeness (QED) is 0.709. The smallest absolute Gasteiger partial charge is 0.241 e. The van der Waals surface area contributed by atoms with Crippen LogP contribution in [-0.2, 0) is 26.2 Å². The number of benzene rings is 2. The molecule has 2 amide bonds. The third kappa shape index (κ3) is 6.41. The van der Waals surface area contributed by atoms with Gasteiger partial charge in [-0.2, -0.15) is 0 Å². The minimum absolute atomic E-state index is 0.225. The average Bonchev–Trinajstić information content (AvgIpc) is 2.63. The molecule has 0 aromatic heterocycles. The lowest BCUT2D eigenvalue weighted by Crippen LogP contribution is -2.43. The first-order valence-electron chi connectivity index (χ1n) is 8.38. The molecule has 2 N–H and O–H groups in total. The number of carbonyl (C=O) groups is 2. The van der Waals surface area contributed by atoms with Crippen molar-refractivity contribution in [2.24, 2.45) is 0 Å². The van der Waals surface area contributed by atoms with Crippen LogP contribution < -0.4 is 14.9 Å². The fourth-order valence-electron chi connectivity index (χ4n) is 2.45. The summed E-state index contributed by atoms with van der Waals surface area (Å²) in [5.41, 5.74) is 2.11. The zero-order chi connectivity index (χ0) is 19.9. The predicted molar refractivity (Wildman–Crippen MR) is 105 cm³/mol. The lowest BCUT2D eigenvalue weighted by Gasteiger charge is -2.23. The van der Waals surface area contributed by atoms with Crippen molar-refractivity contribution in [3.8, 4) is 0 Å². The number of carbonyl (C=O) groups excluding carboxylic acids is 2. The normalized spacial score (nSPS) is 10.9. The van der Waals surface area contributed by atoms with Crippen molar-refractivity contribution in [1.82, 2.24) is 10.6 Å². The van der Waals surface area contributed by atoms with Crippen molar-refractivity contribution in [2.45, 2.75) is 13.5 Å². The monoisotopic (exact) mass is 389 g/mol. The molecule has 0 bridgehead atoms. The van der Waals surface area contributed by atoms with Gasteiger partial charge in [0.1, 0.15) is 6.54 Å². The molecule has 2 aromatic rings. The number of sulfonamides is 1. The topological polar surface area (TPSA) is 95.6 Å². The number of hydrogen-bond donors (Lipinski definition) is 2. The number of nitrogens with one attached hydrogen (secondary N) is 2. The van der Waals surface area contributed by atoms with Gasteiger partial charge in [0, 0.05) is 6.54 Å². The summed E-state index contributed by atoms with van der Waals surface area (Å²) >= 11 is 0. The van der Waals surface area contributed by atoms with E-state index in [4.69, 9.17) is 0 Å². The van der Waals surface area contributed by atoms with Crippen molar-refractivity contribution in [3.05, 3.63) is 65.7 Å².